The van der Waals surface area contributed by atoms with Crippen molar-refractivity contribution >= 4 is 63.7 Å². The predicted molar refractivity (Wildman–Crippen MR) is 246 cm³/mol. The van der Waals surface area contributed by atoms with E-state index >= 15 is 0 Å². The van der Waals surface area contributed by atoms with Crippen molar-refractivity contribution in [1.82, 2.24) is 14.7 Å². The molecule has 2 aromatic heterocycles. The van der Waals surface area contributed by atoms with Gasteiger partial charge in [-0.15, -0.1) is 16.7 Å². The number of ether oxygens (including phenoxy) is 3. The first-order valence-corrected chi connectivity index (χ1v) is 23.8. The van der Waals surface area contributed by atoms with Crippen molar-refractivity contribution in [1.29, 1.82) is 0 Å². The first-order chi connectivity index (χ1) is 27.4. The Kier molecular flexibility index (Phi) is 25.7. The van der Waals surface area contributed by atoms with Crippen molar-refractivity contribution in [2.24, 2.45) is 10.8 Å². The number of carbonyl (C=O) groups is 3. The molecule has 3 saturated heterocycles. The van der Waals surface area contributed by atoms with Gasteiger partial charge in [0.15, 0.2) is 0 Å². The molecule has 2 spiro atoms. The summed E-state index contributed by atoms with van der Waals surface area (Å²) in [6, 6.07) is 8.33. The Morgan fingerprint density at radius 2 is 1.20 bits per heavy atom. The van der Waals surface area contributed by atoms with Crippen LogP contribution in [-0.4, -0.2) is 120 Å². The van der Waals surface area contributed by atoms with Crippen LogP contribution in [-0.2, 0) is 24.5 Å². The van der Waals surface area contributed by atoms with Gasteiger partial charge in [-0.3, -0.25) is 9.69 Å². The standard InChI is InChI=1S/C21H34N2O2S.C15H25NO3.C4H8O.C4H3S.C3H8.BrH.Mg/c1-19(2,3)25-18(24)23-14-12-20(13-15-23)8-10-21(11-9-20,22(4)5)17-7-6-16-26-17;1-14(2,3)19-13(18)16-10-8-15(9-11-16)6-4-12(17)5-7-15;2*1-2-4-5-3-1;1-3-2;;/h6-7,16H,8-15H2,1-5H3;4-11H2,1-3H3;1-4H2;1-3H;3H2,1-2H3;1H;/q;;;-1;;;+2/p-1. The molecule has 338 valence electrons. The third kappa shape index (κ3) is 19.3. The molecule has 2 aromatic rings. The van der Waals surface area contributed by atoms with Crippen LogP contribution < -0.4 is 17.0 Å². The smallest absolute Gasteiger partial charge is 1.00 e. The minimum absolute atomic E-state index is 0. The number of hydrogen-bond donors (Lipinski definition) is 0. The van der Waals surface area contributed by atoms with E-state index in [4.69, 9.17) is 14.2 Å². The van der Waals surface area contributed by atoms with Crippen molar-refractivity contribution in [3.05, 3.63) is 45.3 Å². The van der Waals surface area contributed by atoms with Crippen LogP contribution in [0, 0.1) is 16.2 Å². The van der Waals surface area contributed by atoms with Gasteiger partial charge < -0.3 is 52.3 Å². The molecular formula is C47H78BrMgN3O6S2. The fourth-order valence-electron chi connectivity index (χ4n) is 8.40. The molecule has 2 saturated carbocycles. The Bertz CT molecular complexity index is 1410. The van der Waals surface area contributed by atoms with Gasteiger partial charge in [-0.25, -0.2) is 15.7 Å². The molecule has 13 heteroatoms. The number of Topliss-reactive ketones (excluding diaryl/α,β-unsaturated/α-hetero) is 1. The molecule has 5 fully saturated rings. The Labute approximate surface area is 399 Å². The van der Waals surface area contributed by atoms with E-state index < -0.39 is 11.2 Å². The van der Waals surface area contributed by atoms with Crippen LogP contribution in [0.3, 0.4) is 0 Å². The molecule has 5 heterocycles. The van der Waals surface area contributed by atoms with E-state index in [2.05, 4.69) is 55.7 Å². The predicted octanol–water partition coefficient (Wildman–Crippen LogP) is 8.63. The van der Waals surface area contributed by atoms with Crippen LogP contribution in [0.15, 0.2) is 35.0 Å². The van der Waals surface area contributed by atoms with Crippen LogP contribution in [0.1, 0.15) is 157 Å². The summed E-state index contributed by atoms with van der Waals surface area (Å²) in [5.41, 5.74) is 0.0793. The zero-order chi connectivity index (χ0) is 42.9. The van der Waals surface area contributed by atoms with Crippen molar-refractivity contribution in [3.63, 3.8) is 0 Å². The number of piperidine rings is 2. The second-order valence-electron chi connectivity index (χ2n) is 19.1. The van der Waals surface area contributed by atoms with Gasteiger partial charge in [-0.1, -0.05) is 26.3 Å². The molecule has 7 rings (SSSR count). The van der Waals surface area contributed by atoms with Gasteiger partial charge in [0, 0.05) is 57.1 Å². The fourth-order valence-corrected chi connectivity index (χ4v) is 9.86. The minimum atomic E-state index is -0.427. The zero-order valence-corrected chi connectivity index (χ0v) is 43.6. The molecule has 0 atom stereocenters. The Balaban J connectivity index is 0.000000458. The molecule has 9 nitrogen and oxygen atoms in total. The molecule has 5 aliphatic rings. The van der Waals surface area contributed by atoms with E-state index in [1.54, 1.807) is 11.3 Å². The number of carbonyl (C=O) groups excluding carboxylic acids is 3. The average Bonchev–Trinajstić information content (AvgIpc) is 4.01. The molecule has 3 aliphatic heterocycles. The second-order valence-corrected chi connectivity index (χ2v) is 20.8. The SMILES string of the molecule is C1CCOC1.CC(C)(C)OC(=O)N1CCC2(CCC(=O)CC2)CC1.CCC.CN(C)C1(c2cccs2)CCC2(CCN(C(=O)OC(C)(C)C)CC2)CC1.[Br-].[Mg+2].[c-]1cccs1. The number of halogens is 1. The Morgan fingerprint density at radius 1 is 0.750 bits per heavy atom. The third-order valence-electron chi connectivity index (χ3n) is 12.0. The van der Waals surface area contributed by atoms with Crippen LogP contribution in [0.4, 0.5) is 9.59 Å². The van der Waals surface area contributed by atoms with Gasteiger partial charge in [-0.05, 0) is 155 Å². The van der Waals surface area contributed by atoms with Gasteiger partial charge in [0.25, 0.3) is 0 Å². The number of hydrogen-bond acceptors (Lipinski definition) is 9. The van der Waals surface area contributed by atoms with Crippen LogP contribution in [0.5, 0.6) is 0 Å². The Morgan fingerprint density at radius 3 is 1.50 bits per heavy atom. The second kappa shape index (κ2) is 27.2. The molecule has 0 radical (unpaired) electrons. The first kappa shape index (κ1) is 56.8. The topological polar surface area (TPSA) is 88.6 Å². The van der Waals surface area contributed by atoms with Crippen molar-refractivity contribution in [3.8, 4) is 0 Å². The largest absolute Gasteiger partial charge is 2.00 e. The van der Waals surface area contributed by atoms with Crippen molar-refractivity contribution in [2.75, 3.05) is 53.5 Å². The van der Waals surface area contributed by atoms with Crippen molar-refractivity contribution < 1.29 is 45.6 Å². The van der Waals surface area contributed by atoms with Gasteiger partial charge >= 0.3 is 35.2 Å². The average molecular weight is 949 g/mol. The van der Waals surface area contributed by atoms with Gasteiger partial charge in [-0.2, -0.15) is 11.4 Å². The normalized spacial score (nSPS) is 20.2. The molecule has 0 bridgehead atoms. The maximum atomic E-state index is 12.3. The van der Waals surface area contributed by atoms with Crippen LogP contribution in [0.2, 0.25) is 0 Å². The monoisotopic (exact) mass is 947 g/mol. The number of ketones is 1. The summed E-state index contributed by atoms with van der Waals surface area (Å²) < 4.78 is 15.9. The Hall–Kier alpha value is -1.22. The summed E-state index contributed by atoms with van der Waals surface area (Å²) >= 11 is 3.48. The van der Waals surface area contributed by atoms with E-state index in [1.165, 1.54) is 49.8 Å². The maximum Gasteiger partial charge on any atom is 2.00 e. The van der Waals surface area contributed by atoms with E-state index in [0.717, 1.165) is 90.8 Å². The molecule has 0 N–H and O–H groups in total. The minimum Gasteiger partial charge on any atom is -1.00 e. The number of rotatable bonds is 2. The number of nitrogens with zero attached hydrogens (tertiary/aromatic N) is 3. The molecule has 60 heavy (non-hydrogen) atoms. The fraction of sp³-hybridized carbons (Fsp3) is 0.766. The summed E-state index contributed by atoms with van der Waals surface area (Å²) in [7, 11) is 4.45. The van der Waals surface area contributed by atoms with Crippen molar-refractivity contribution in [2.45, 2.75) is 168 Å². The molecule has 2 aliphatic carbocycles. The van der Waals surface area contributed by atoms with E-state index in [0.29, 0.717) is 16.6 Å². The van der Waals surface area contributed by atoms with Crippen LogP contribution >= 0.6 is 22.7 Å². The van der Waals surface area contributed by atoms with E-state index in [-0.39, 0.29) is 57.8 Å². The molecule has 0 aromatic carbocycles. The van der Waals surface area contributed by atoms with Crippen LogP contribution in [0.25, 0.3) is 0 Å². The molecular weight excluding hydrogens is 871 g/mol. The van der Waals surface area contributed by atoms with E-state index in [9.17, 15) is 14.4 Å². The number of thiophene rings is 2. The van der Waals surface area contributed by atoms with E-state index in [1.807, 2.05) is 80.2 Å². The van der Waals surface area contributed by atoms with Gasteiger partial charge in [0.2, 0.25) is 0 Å². The molecule has 0 unspecified atom stereocenters. The van der Waals surface area contributed by atoms with Gasteiger partial charge in [0.05, 0.1) is 5.54 Å². The summed E-state index contributed by atoms with van der Waals surface area (Å²) in [5.74, 6) is 0.403. The summed E-state index contributed by atoms with van der Waals surface area (Å²) in [6.45, 7) is 20.9. The summed E-state index contributed by atoms with van der Waals surface area (Å²) in [5, 5.41) is 7.09. The zero-order valence-electron chi connectivity index (χ0n) is 39.0. The summed E-state index contributed by atoms with van der Waals surface area (Å²) in [6.07, 6.45) is 16.1. The molecule has 2 amide bonds. The maximum absolute atomic E-state index is 12.3. The third-order valence-corrected chi connectivity index (χ3v) is 13.6. The number of amides is 2. The van der Waals surface area contributed by atoms with Gasteiger partial charge in [0.1, 0.15) is 17.0 Å². The summed E-state index contributed by atoms with van der Waals surface area (Å²) in [4.78, 5) is 43.3. The first-order valence-electron chi connectivity index (χ1n) is 22.0. The quantitative estimate of drug-likeness (QED) is 0.220. The number of likely N-dealkylation sites (tertiary alicyclic amines) is 2.